The number of ether oxygens (including phenoxy) is 1. The minimum atomic E-state index is -1.10. The van der Waals surface area contributed by atoms with Crippen molar-refractivity contribution in [2.75, 3.05) is 0 Å². The molecule has 1 aromatic carbocycles. The second kappa shape index (κ2) is 5.35. The Morgan fingerprint density at radius 1 is 1.33 bits per heavy atom. The molecule has 0 saturated carbocycles. The van der Waals surface area contributed by atoms with Gasteiger partial charge in [0, 0.05) is 6.42 Å². The molecule has 1 heterocycles. The lowest BCUT2D eigenvalue weighted by Gasteiger charge is -2.35. The molecule has 1 aliphatic heterocycles. The van der Waals surface area contributed by atoms with Crippen LogP contribution < -0.4 is 0 Å². The second-order valence-corrected chi connectivity index (χ2v) is 6.08. The van der Waals surface area contributed by atoms with Gasteiger partial charge < -0.3 is 9.84 Å². The van der Waals surface area contributed by atoms with Gasteiger partial charge in [0.15, 0.2) is 0 Å². The van der Waals surface area contributed by atoms with Crippen LogP contribution in [0.3, 0.4) is 0 Å². The first-order valence-corrected chi connectivity index (χ1v) is 6.67. The molecule has 0 aromatic heterocycles. The number of hydrogen-bond donors (Lipinski definition) is 1. The lowest BCUT2D eigenvalue weighted by molar-refractivity contribution is -0.143. The first-order valence-electron chi connectivity index (χ1n) is 6.67. The zero-order chi connectivity index (χ0) is 15.8. The number of carboxylic acids is 1. The van der Waals surface area contributed by atoms with Gasteiger partial charge in [-0.1, -0.05) is 6.07 Å². The van der Waals surface area contributed by atoms with E-state index in [4.69, 9.17) is 4.74 Å². The summed E-state index contributed by atoms with van der Waals surface area (Å²) in [5.74, 6) is -1.51. The van der Waals surface area contributed by atoms with E-state index in [9.17, 15) is 19.1 Å². The molecule has 0 unspecified atom stereocenters. The van der Waals surface area contributed by atoms with Crippen molar-refractivity contribution in [2.45, 2.75) is 45.4 Å². The van der Waals surface area contributed by atoms with Gasteiger partial charge in [-0.15, -0.1) is 0 Å². The molecule has 1 N–H and O–H groups in total. The van der Waals surface area contributed by atoms with Crippen LogP contribution in [0.5, 0.6) is 0 Å². The van der Waals surface area contributed by atoms with Crippen molar-refractivity contribution >= 4 is 12.1 Å². The van der Waals surface area contributed by atoms with Gasteiger partial charge in [-0.05, 0) is 44.0 Å². The van der Waals surface area contributed by atoms with Crippen LogP contribution in [0.15, 0.2) is 18.2 Å². The maximum atomic E-state index is 13.3. The number of carbonyl (C=O) groups is 2. The molecular weight excluding hydrogens is 277 g/mol. The number of carbonyl (C=O) groups excluding carboxylic acids is 1. The number of halogens is 1. The van der Waals surface area contributed by atoms with Crippen molar-refractivity contribution < 1.29 is 23.8 Å². The molecule has 0 radical (unpaired) electrons. The average Bonchev–Trinajstić information content (AvgIpc) is 2.34. The van der Waals surface area contributed by atoms with E-state index in [2.05, 4.69) is 0 Å². The Bertz CT molecular complexity index is 580. The SMILES string of the molecule is CC(C)(C)OC(=O)N1Cc2cc(F)ccc2C[C@@H]1C(=O)O. The van der Waals surface area contributed by atoms with E-state index in [1.807, 2.05) is 0 Å². The molecule has 0 aliphatic carbocycles. The molecule has 1 amide bonds. The van der Waals surface area contributed by atoms with Crippen molar-refractivity contribution in [3.05, 3.63) is 35.1 Å². The quantitative estimate of drug-likeness (QED) is 0.864. The average molecular weight is 295 g/mol. The monoisotopic (exact) mass is 295 g/mol. The van der Waals surface area contributed by atoms with Crippen LogP contribution in [0.1, 0.15) is 31.9 Å². The van der Waals surface area contributed by atoms with E-state index in [1.54, 1.807) is 26.8 Å². The highest BCUT2D eigenvalue weighted by Gasteiger charge is 2.37. The molecule has 1 aliphatic rings. The predicted molar refractivity (Wildman–Crippen MR) is 73.3 cm³/mol. The predicted octanol–water partition coefficient (Wildman–Crippen LogP) is 2.57. The molecular formula is C15H18FNO4. The highest BCUT2D eigenvalue weighted by molar-refractivity contribution is 5.81. The van der Waals surface area contributed by atoms with Gasteiger partial charge in [-0.25, -0.2) is 14.0 Å². The van der Waals surface area contributed by atoms with Crippen molar-refractivity contribution in [3.63, 3.8) is 0 Å². The highest BCUT2D eigenvalue weighted by atomic mass is 19.1. The smallest absolute Gasteiger partial charge is 0.411 e. The Labute approximate surface area is 122 Å². The number of carboxylic acid groups (broad SMARTS) is 1. The molecule has 21 heavy (non-hydrogen) atoms. The fourth-order valence-corrected chi connectivity index (χ4v) is 2.29. The fourth-order valence-electron chi connectivity index (χ4n) is 2.29. The van der Waals surface area contributed by atoms with Crippen LogP contribution in [0.4, 0.5) is 9.18 Å². The summed E-state index contributed by atoms with van der Waals surface area (Å²) in [5.41, 5.74) is 0.629. The summed E-state index contributed by atoms with van der Waals surface area (Å²) >= 11 is 0. The summed E-state index contributed by atoms with van der Waals surface area (Å²) in [5, 5.41) is 9.31. The number of rotatable bonds is 1. The first-order chi connectivity index (χ1) is 9.67. The largest absolute Gasteiger partial charge is 0.480 e. The summed E-state index contributed by atoms with van der Waals surface area (Å²) in [6.07, 6.45) is -0.561. The van der Waals surface area contributed by atoms with Gasteiger partial charge in [0.1, 0.15) is 17.5 Å². The van der Waals surface area contributed by atoms with Gasteiger partial charge in [0.2, 0.25) is 0 Å². The molecule has 0 bridgehead atoms. The van der Waals surface area contributed by atoms with Crippen LogP contribution in [0.25, 0.3) is 0 Å². The van der Waals surface area contributed by atoms with E-state index >= 15 is 0 Å². The molecule has 0 fully saturated rings. The molecule has 0 spiro atoms. The summed E-state index contributed by atoms with van der Waals surface area (Å²) in [7, 11) is 0. The van der Waals surface area contributed by atoms with Gasteiger partial charge >= 0.3 is 12.1 Å². The lowest BCUT2D eigenvalue weighted by atomic mass is 9.94. The Balaban J connectivity index is 2.30. The maximum absolute atomic E-state index is 13.3. The Morgan fingerprint density at radius 2 is 2.00 bits per heavy atom. The van der Waals surface area contributed by atoms with Crippen LogP contribution in [-0.4, -0.2) is 33.7 Å². The first kappa shape index (κ1) is 15.3. The molecule has 114 valence electrons. The summed E-state index contributed by atoms with van der Waals surface area (Å²) in [4.78, 5) is 24.7. The van der Waals surface area contributed by atoms with E-state index in [1.165, 1.54) is 12.1 Å². The Morgan fingerprint density at radius 3 is 2.57 bits per heavy atom. The second-order valence-electron chi connectivity index (χ2n) is 6.08. The van der Waals surface area contributed by atoms with Crippen LogP contribution in [0.2, 0.25) is 0 Å². The van der Waals surface area contributed by atoms with Gasteiger partial charge in [0.05, 0.1) is 6.54 Å². The van der Waals surface area contributed by atoms with Crippen molar-refractivity contribution in [1.82, 2.24) is 4.90 Å². The Hall–Kier alpha value is -2.11. The summed E-state index contributed by atoms with van der Waals surface area (Å²) in [6.45, 7) is 5.15. The number of benzene rings is 1. The van der Waals surface area contributed by atoms with Crippen molar-refractivity contribution in [2.24, 2.45) is 0 Å². The number of aliphatic carboxylic acids is 1. The summed E-state index contributed by atoms with van der Waals surface area (Å²) < 4.78 is 18.5. The molecule has 0 saturated heterocycles. The third-order valence-electron chi connectivity index (χ3n) is 3.21. The molecule has 6 heteroatoms. The molecule has 2 rings (SSSR count). The van der Waals surface area contributed by atoms with E-state index in [-0.39, 0.29) is 13.0 Å². The number of fused-ring (bicyclic) bond motifs is 1. The third kappa shape index (κ3) is 3.51. The van der Waals surface area contributed by atoms with Crippen LogP contribution in [0, 0.1) is 5.82 Å². The normalized spacial score (nSPS) is 18.1. The lowest BCUT2D eigenvalue weighted by Crippen LogP contribution is -2.50. The van der Waals surface area contributed by atoms with Crippen LogP contribution >= 0.6 is 0 Å². The minimum absolute atomic E-state index is 0.0268. The highest BCUT2D eigenvalue weighted by Crippen LogP contribution is 2.26. The van der Waals surface area contributed by atoms with Crippen molar-refractivity contribution in [3.8, 4) is 0 Å². The van der Waals surface area contributed by atoms with Crippen LogP contribution in [-0.2, 0) is 22.5 Å². The molecule has 1 atom stereocenters. The van der Waals surface area contributed by atoms with Crippen molar-refractivity contribution in [1.29, 1.82) is 0 Å². The maximum Gasteiger partial charge on any atom is 0.411 e. The van der Waals surface area contributed by atoms with E-state index < -0.39 is 29.5 Å². The fraction of sp³-hybridized carbons (Fsp3) is 0.467. The van der Waals surface area contributed by atoms with E-state index in [0.717, 1.165) is 10.5 Å². The van der Waals surface area contributed by atoms with Gasteiger partial charge in [-0.3, -0.25) is 4.90 Å². The third-order valence-corrected chi connectivity index (χ3v) is 3.21. The Kier molecular flexibility index (Phi) is 3.89. The van der Waals surface area contributed by atoms with E-state index in [0.29, 0.717) is 5.56 Å². The topological polar surface area (TPSA) is 66.8 Å². The zero-order valence-electron chi connectivity index (χ0n) is 12.2. The standard InChI is InChI=1S/C15H18FNO4/c1-15(2,3)21-14(20)17-8-10-6-11(16)5-4-9(10)7-12(17)13(18)19/h4-6,12H,7-8H2,1-3H3,(H,18,19)/t12-/m1/s1. The van der Waals surface area contributed by atoms with Gasteiger partial charge in [-0.2, -0.15) is 0 Å². The molecule has 1 aromatic rings. The zero-order valence-corrected chi connectivity index (χ0v) is 12.2. The summed E-state index contributed by atoms with van der Waals surface area (Å²) in [6, 6.07) is 3.18. The minimum Gasteiger partial charge on any atom is -0.480 e. The van der Waals surface area contributed by atoms with Gasteiger partial charge in [0.25, 0.3) is 0 Å². The number of hydrogen-bond acceptors (Lipinski definition) is 3. The number of amides is 1. The molecule has 5 nitrogen and oxygen atoms in total. The number of nitrogens with zero attached hydrogens (tertiary/aromatic N) is 1.